The molecule has 1 aromatic heterocycles. The molecule has 3 aliphatic carbocycles. The number of hydrogen-bond donors (Lipinski definition) is 10. The Kier molecular flexibility index (Phi) is 13.3. The van der Waals surface area contributed by atoms with Crippen LogP contribution in [0, 0.1) is 41.4 Å². The molecule has 54 heavy (non-hydrogen) atoms. The van der Waals surface area contributed by atoms with Crippen LogP contribution < -0.4 is 21.1 Å². The van der Waals surface area contributed by atoms with Gasteiger partial charge in [0.05, 0.1) is 24.1 Å². The summed E-state index contributed by atoms with van der Waals surface area (Å²) in [6.45, 7) is 4.89. The highest BCUT2D eigenvalue weighted by Crippen LogP contribution is 2.42. The van der Waals surface area contributed by atoms with Gasteiger partial charge in [0.25, 0.3) is 0 Å². The van der Waals surface area contributed by atoms with Crippen LogP contribution >= 0.6 is 0 Å². The van der Waals surface area contributed by atoms with E-state index in [0.717, 1.165) is 29.7 Å². The summed E-state index contributed by atoms with van der Waals surface area (Å²) in [5.41, 5.74) is 8.95. The van der Waals surface area contributed by atoms with Gasteiger partial charge in [0.1, 0.15) is 18.3 Å². The number of dihydropyridines is 1. The molecule has 13 atom stereocenters. The van der Waals surface area contributed by atoms with Crippen LogP contribution in [0.2, 0.25) is 0 Å². The van der Waals surface area contributed by atoms with Gasteiger partial charge in [-0.25, -0.2) is 0 Å². The van der Waals surface area contributed by atoms with E-state index >= 15 is 0 Å². The lowest BCUT2D eigenvalue weighted by molar-refractivity contribution is -0.0608. The molecule has 0 radical (unpaired) electrons. The predicted octanol–water partition coefficient (Wildman–Crippen LogP) is 3.11. The van der Waals surface area contributed by atoms with E-state index in [2.05, 4.69) is 40.5 Å². The van der Waals surface area contributed by atoms with Crippen LogP contribution in [0.3, 0.4) is 0 Å². The number of aromatic hydroxyl groups is 1. The largest absolute Gasteiger partial charge is 0.504 e. The average molecular weight is 743 g/mol. The van der Waals surface area contributed by atoms with Crippen molar-refractivity contribution in [1.82, 2.24) is 15.6 Å². The van der Waals surface area contributed by atoms with Gasteiger partial charge in [-0.05, 0) is 92.8 Å². The van der Waals surface area contributed by atoms with Crippen molar-refractivity contribution in [2.24, 2.45) is 35.3 Å². The van der Waals surface area contributed by atoms with Crippen molar-refractivity contribution in [3.8, 4) is 23.3 Å². The summed E-state index contributed by atoms with van der Waals surface area (Å²) in [6, 6.07) is 9.13. The highest BCUT2D eigenvalue weighted by molar-refractivity contribution is 5.45. The van der Waals surface area contributed by atoms with Gasteiger partial charge in [-0.1, -0.05) is 55.2 Å². The van der Waals surface area contributed by atoms with Gasteiger partial charge in [0.2, 0.25) is 0 Å². The maximum Gasteiger partial charge on any atom is 0.161 e. The minimum Gasteiger partial charge on any atom is -0.504 e. The molecule has 6 rings (SSSR count). The Hall–Kier alpha value is -4.02. The number of phenols is 1. The maximum atomic E-state index is 11.7. The summed E-state index contributed by atoms with van der Waals surface area (Å²) < 4.78 is 6.54. The van der Waals surface area contributed by atoms with E-state index in [-0.39, 0.29) is 41.2 Å². The first-order valence-electron chi connectivity index (χ1n) is 19.5. The van der Waals surface area contributed by atoms with Gasteiger partial charge in [-0.2, -0.15) is 0 Å². The number of allylic oxidation sites excluding steroid dienone is 4. The molecule has 0 saturated heterocycles. The summed E-state index contributed by atoms with van der Waals surface area (Å²) in [4.78, 5) is 3.28. The molecule has 13 unspecified atom stereocenters. The first kappa shape index (κ1) is 39.7. The fourth-order valence-corrected chi connectivity index (χ4v) is 8.54. The third-order valence-electron chi connectivity index (χ3n) is 11.6. The summed E-state index contributed by atoms with van der Waals surface area (Å²) >= 11 is 0. The molecule has 4 aliphatic rings. The van der Waals surface area contributed by atoms with Gasteiger partial charge in [-0.15, -0.1) is 0 Å². The van der Waals surface area contributed by atoms with Crippen molar-refractivity contribution in [2.45, 2.75) is 101 Å². The molecular weight excluding hydrogens is 684 g/mol. The van der Waals surface area contributed by atoms with Crippen molar-refractivity contribution in [2.75, 3.05) is 13.1 Å². The molecular formula is C43H58N4O7. The molecule has 0 amide bonds. The van der Waals surface area contributed by atoms with Gasteiger partial charge < -0.3 is 56.7 Å². The number of aliphatic hydroxyl groups excluding tert-OH is 5. The van der Waals surface area contributed by atoms with Crippen molar-refractivity contribution < 1.29 is 35.4 Å². The SMILES string of the molecule is CCC1C#CC2C=CC(c3ccc(O)c(OC4C(O)C(O)C=CC4C(Cc4ccc[nH]4)C4=CCNC(N)=C4)c3)CC(O)C2C(O)CCC(NCC(C)O)C1. The molecule has 11 N–H and O–H groups in total. The number of benzene rings is 1. The number of aromatic amines is 1. The number of hydrogen-bond acceptors (Lipinski definition) is 10. The fraction of sp³-hybridized carbons (Fsp3) is 0.535. The highest BCUT2D eigenvalue weighted by atomic mass is 16.5. The standard InChI is InChI=1S/C43H58N4O7/c1-3-26-6-7-27-8-9-28(20-38(52)41(27)36(50)14-11-32(19-26)47-24-25(2)48)29-10-13-35(49)39(21-29)54-43-33(12-15-37(51)42(43)53)34(23-31-5-4-17-45-31)30-16-18-46-40(44)22-30/h4-5,8-10,12-13,15-17,21-22,25-28,32-34,36-38,41-43,45-53H,3,11,14,18-20,23-24,44H2,1-2H3. The van der Waals surface area contributed by atoms with Crippen LogP contribution in [0.15, 0.2) is 84.4 Å². The van der Waals surface area contributed by atoms with E-state index in [0.29, 0.717) is 44.6 Å². The molecule has 0 bridgehead atoms. The van der Waals surface area contributed by atoms with Crippen molar-refractivity contribution in [3.63, 3.8) is 0 Å². The Morgan fingerprint density at radius 3 is 2.59 bits per heavy atom. The van der Waals surface area contributed by atoms with Gasteiger partial charge in [0.15, 0.2) is 11.5 Å². The average Bonchev–Trinajstić information content (AvgIpc) is 3.61. The number of phenolic OH excluding ortho intramolecular Hbond substituents is 1. The number of ether oxygens (including phenoxy) is 1. The Morgan fingerprint density at radius 2 is 1.85 bits per heavy atom. The smallest absolute Gasteiger partial charge is 0.161 e. The van der Waals surface area contributed by atoms with Crippen molar-refractivity contribution in [3.05, 3.63) is 95.6 Å². The van der Waals surface area contributed by atoms with E-state index in [1.807, 2.05) is 42.6 Å². The zero-order valence-electron chi connectivity index (χ0n) is 31.3. The normalized spacial score (nSPS) is 33.8. The Bertz CT molecular complexity index is 1730. The molecule has 0 fully saturated rings. The van der Waals surface area contributed by atoms with Crippen LogP contribution in [0.25, 0.3) is 0 Å². The summed E-state index contributed by atoms with van der Waals surface area (Å²) in [7, 11) is 0. The molecule has 0 spiro atoms. The van der Waals surface area contributed by atoms with Gasteiger partial charge >= 0.3 is 0 Å². The third kappa shape index (κ3) is 9.61. The first-order chi connectivity index (χ1) is 26.0. The monoisotopic (exact) mass is 742 g/mol. The zero-order chi connectivity index (χ0) is 38.4. The summed E-state index contributed by atoms with van der Waals surface area (Å²) in [5, 5.41) is 73.0. The predicted molar refractivity (Wildman–Crippen MR) is 208 cm³/mol. The maximum absolute atomic E-state index is 11.7. The van der Waals surface area contributed by atoms with Crippen molar-refractivity contribution >= 4 is 0 Å². The quantitative estimate of drug-likeness (QED) is 0.121. The van der Waals surface area contributed by atoms with Gasteiger partial charge in [0, 0.05) is 60.6 Å². The van der Waals surface area contributed by atoms with Crippen LogP contribution in [0.5, 0.6) is 11.5 Å². The number of rotatable bonds is 11. The topological polar surface area (TPSA) is 196 Å². The molecule has 292 valence electrons. The van der Waals surface area contributed by atoms with Crippen LogP contribution in [-0.2, 0) is 6.42 Å². The number of aromatic nitrogens is 1. The van der Waals surface area contributed by atoms with Gasteiger partial charge in [-0.3, -0.25) is 0 Å². The molecule has 11 nitrogen and oxygen atoms in total. The molecule has 1 aromatic carbocycles. The van der Waals surface area contributed by atoms with Crippen LogP contribution in [-0.4, -0.2) is 91.4 Å². The second-order valence-electron chi connectivity index (χ2n) is 15.6. The molecule has 11 heteroatoms. The Morgan fingerprint density at radius 1 is 1.02 bits per heavy atom. The lowest BCUT2D eigenvalue weighted by Gasteiger charge is -2.39. The number of aliphatic hydroxyl groups is 5. The molecule has 2 aromatic rings. The number of nitrogens with two attached hydrogens (primary N) is 1. The first-order valence-corrected chi connectivity index (χ1v) is 19.5. The second-order valence-corrected chi connectivity index (χ2v) is 15.6. The molecule has 1 aliphatic heterocycles. The highest BCUT2D eigenvalue weighted by Gasteiger charge is 2.42. The molecule has 2 heterocycles. The van der Waals surface area contributed by atoms with E-state index in [1.165, 1.54) is 0 Å². The second kappa shape index (κ2) is 18.1. The number of nitrogens with one attached hydrogen (secondary N) is 3. The van der Waals surface area contributed by atoms with E-state index in [1.54, 1.807) is 31.2 Å². The lowest BCUT2D eigenvalue weighted by atomic mass is 9.74. The Balaban J connectivity index is 1.26. The van der Waals surface area contributed by atoms with Crippen molar-refractivity contribution in [1.29, 1.82) is 0 Å². The molecule has 0 saturated carbocycles. The minimum atomic E-state index is -1.28. The van der Waals surface area contributed by atoms with E-state index in [4.69, 9.17) is 10.5 Å². The number of fused-ring (bicyclic) bond motifs is 1. The number of H-pyrrole nitrogens is 1. The minimum absolute atomic E-state index is 0.0975. The summed E-state index contributed by atoms with van der Waals surface area (Å²) in [5.74, 6) is 5.89. The van der Waals surface area contributed by atoms with Crippen LogP contribution in [0.1, 0.15) is 63.1 Å². The summed E-state index contributed by atoms with van der Waals surface area (Å²) in [6.07, 6.45) is 11.7. The van der Waals surface area contributed by atoms with E-state index < -0.39 is 48.5 Å². The third-order valence-corrected chi connectivity index (χ3v) is 11.6. The lowest BCUT2D eigenvalue weighted by Crippen LogP contribution is -2.50. The fourth-order valence-electron chi connectivity index (χ4n) is 8.54. The van der Waals surface area contributed by atoms with E-state index in [9.17, 15) is 30.6 Å². The van der Waals surface area contributed by atoms with Crippen LogP contribution in [0.4, 0.5) is 0 Å². The zero-order valence-corrected chi connectivity index (χ0v) is 31.3. The Labute approximate surface area is 318 Å².